The van der Waals surface area contributed by atoms with Gasteiger partial charge in [-0.2, -0.15) is 0 Å². The van der Waals surface area contributed by atoms with Gasteiger partial charge in [-0.1, -0.05) is 30.3 Å². The van der Waals surface area contributed by atoms with E-state index in [1.165, 1.54) is 40.6 Å². The van der Waals surface area contributed by atoms with Crippen LogP contribution >= 0.6 is 0 Å². The second-order valence-corrected chi connectivity index (χ2v) is 5.83. The maximum atomic E-state index is 12.5. The number of hydrogen-bond acceptors (Lipinski definition) is 6. The molecule has 152 valence electrons. The van der Waals surface area contributed by atoms with Crippen LogP contribution in [0.25, 0.3) is 12.2 Å². The number of carbonyl (C=O) groups is 2. The van der Waals surface area contributed by atoms with Gasteiger partial charge in [0.15, 0.2) is 0 Å². The Morgan fingerprint density at radius 1 is 0.828 bits per heavy atom. The maximum absolute atomic E-state index is 12.5. The molecule has 2 rings (SSSR count). The summed E-state index contributed by atoms with van der Waals surface area (Å²) in [6.07, 6.45) is 2.97. The number of amides is 1. The highest BCUT2D eigenvalue weighted by atomic mass is 16.5. The molecule has 0 radical (unpaired) electrons. The summed E-state index contributed by atoms with van der Waals surface area (Å²) in [5.74, 6) is -0.245. The highest BCUT2D eigenvalue weighted by Gasteiger charge is 2.22. The molecule has 0 unspecified atom stereocenters. The van der Waals surface area contributed by atoms with Crippen LogP contribution in [0, 0.1) is 0 Å². The fourth-order valence-electron chi connectivity index (χ4n) is 2.67. The van der Waals surface area contributed by atoms with Crippen molar-refractivity contribution in [1.82, 2.24) is 0 Å². The molecule has 0 fully saturated rings. The van der Waals surface area contributed by atoms with E-state index in [-0.39, 0.29) is 11.1 Å². The minimum absolute atomic E-state index is 0.0111. The standard InChI is InChI=1S/C22H23NO6/c1-26-15-11-19(27-2)18(20(12-15)28-3)13-17(22(25)29-4)16(21(23)24)10-14-8-6-5-7-9-14/h5-13H,1-4H3,(H2,23,24)/b16-10+,17-13+. The number of esters is 1. The minimum atomic E-state index is -0.781. The second-order valence-electron chi connectivity index (χ2n) is 5.83. The summed E-state index contributed by atoms with van der Waals surface area (Å²) in [4.78, 5) is 24.7. The first-order valence-electron chi connectivity index (χ1n) is 8.62. The van der Waals surface area contributed by atoms with Crippen LogP contribution in [0.2, 0.25) is 0 Å². The zero-order valence-electron chi connectivity index (χ0n) is 16.7. The predicted molar refractivity (Wildman–Crippen MR) is 110 cm³/mol. The Hall–Kier alpha value is -3.74. The zero-order chi connectivity index (χ0) is 21.4. The molecule has 0 aliphatic heterocycles. The van der Waals surface area contributed by atoms with Gasteiger partial charge < -0.3 is 24.7 Å². The zero-order valence-corrected chi connectivity index (χ0v) is 16.7. The summed E-state index contributed by atoms with van der Waals surface area (Å²) < 4.78 is 20.9. The topological polar surface area (TPSA) is 97.1 Å². The van der Waals surface area contributed by atoms with Crippen LogP contribution in [0.15, 0.2) is 53.6 Å². The number of primary amides is 1. The summed E-state index contributed by atoms with van der Waals surface area (Å²) in [6.45, 7) is 0. The number of carbonyl (C=O) groups excluding carboxylic acids is 2. The summed E-state index contributed by atoms with van der Waals surface area (Å²) >= 11 is 0. The lowest BCUT2D eigenvalue weighted by Gasteiger charge is -2.14. The van der Waals surface area contributed by atoms with Crippen LogP contribution in [-0.2, 0) is 14.3 Å². The van der Waals surface area contributed by atoms with Crippen LogP contribution < -0.4 is 19.9 Å². The number of nitrogens with two attached hydrogens (primary N) is 1. The first-order chi connectivity index (χ1) is 13.9. The summed E-state index contributed by atoms with van der Waals surface area (Å²) in [5.41, 5.74) is 6.66. The van der Waals surface area contributed by atoms with Gasteiger partial charge in [-0.25, -0.2) is 4.79 Å². The van der Waals surface area contributed by atoms with E-state index >= 15 is 0 Å². The van der Waals surface area contributed by atoms with E-state index in [9.17, 15) is 9.59 Å². The van der Waals surface area contributed by atoms with Gasteiger partial charge in [0.2, 0.25) is 5.91 Å². The average Bonchev–Trinajstić information content (AvgIpc) is 2.75. The Kier molecular flexibility index (Phi) is 7.42. The monoisotopic (exact) mass is 397 g/mol. The van der Waals surface area contributed by atoms with Crippen LogP contribution in [0.5, 0.6) is 17.2 Å². The average molecular weight is 397 g/mol. The third-order valence-corrected chi connectivity index (χ3v) is 4.11. The summed E-state index contributed by atoms with van der Waals surface area (Å²) in [7, 11) is 5.67. The van der Waals surface area contributed by atoms with Crippen molar-refractivity contribution in [2.75, 3.05) is 28.4 Å². The Morgan fingerprint density at radius 3 is 1.86 bits per heavy atom. The van der Waals surface area contributed by atoms with Crippen molar-refractivity contribution in [2.24, 2.45) is 5.73 Å². The first-order valence-corrected chi connectivity index (χ1v) is 8.62. The molecule has 7 heteroatoms. The lowest BCUT2D eigenvalue weighted by Crippen LogP contribution is -2.20. The molecule has 7 nitrogen and oxygen atoms in total. The maximum Gasteiger partial charge on any atom is 0.338 e. The Morgan fingerprint density at radius 2 is 1.41 bits per heavy atom. The first kappa shape index (κ1) is 21.6. The van der Waals surface area contributed by atoms with Gasteiger partial charge in [0, 0.05) is 12.1 Å². The summed E-state index contributed by atoms with van der Waals surface area (Å²) in [6, 6.07) is 12.3. The van der Waals surface area contributed by atoms with Crippen molar-refractivity contribution < 1.29 is 28.5 Å². The van der Waals surface area contributed by atoms with E-state index in [2.05, 4.69) is 0 Å². The molecule has 2 aromatic carbocycles. The van der Waals surface area contributed by atoms with Crippen molar-refractivity contribution in [1.29, 1.82) is 0 Å². The lowest BCUT2D eigenvalue weighted by molar-refractivity contribution is -0.136. The molecular formula is C22H23NO6. The molecule has 0 saturated heterocycles. The molecule has 0 heterocycles. The largest absolute Gasteiger partial charge is 0.496 e. The van der Waals surface area contributed by atoms with Crippen molar-refractivity contribution >= 4 is 24.0 Å². The number of benzene rings is 2. The molecule has 0 saturated carbocycles. The fourth-order valence-corrected chi connectivity index (χ4v) is 2.67. The Bertz CT molecular complexity index is 922. The van der Waals surface area contributed by atoms with E-state index in [1.807, 2.05) is 18.2 Å². The second kappa shape index (κ2) is 9.98. The van der Waals surface area contributed by atoms with Crippen molar-refractivity contribution in [3.63, 3.8) is 0 Å². The molecule has 0 atom stereocenters. The minimum Gasteiger partial charge on any atom is -0.496 e. The summed E-state index contributed by atoms with van der Waals surface area (Å²) in [5, 5.41) is 0. The van der Waals surface area contributed by atoms with Crippen molar-refractivity contribution in [3.8, 4) is 17.2 Å². The van der Waals surface area contributed by atoms with E-state index < -0.39 is 11.9 Å². The molecule has 29 heavy (non-hydrogen) atoms. The third kappa shape index (κ3) is 5.16. The third-order valence-electron chi connectivity index (χ3n) is 4.11. The van der Waals surface area contributed by atoms with Gasteiger partial charge in [-0.05, 0) is 17.7 Å². The molecule has 1 amide bonds. The van der Waals surface area contributed by atoms with E-state index in [1.54, 1.807) is 24.3 Å². The van der Waals surface area contributed by atoms with Crippen LogP contribution in [0.1, 0.15) is 11.1 Å². The van der Waals surface area contributed by atoms with Crippen LogP contribution in [0.4, 0.5) is 0 Å². The highest BCUT2D eigenvalue weighted by Crippen LogP contribution is 2.36. The Labute approximate surface area is 169 Å². The number of ether oxygens (including phenoxy) is 4. The van der Waals surface area contributed by atoms with Crippen LogP contribution in [-0.4, -0.2) is 40.3 Å². The fraction of sp³-hybridized carbons (Fsp3) is 0.182. The molecule has 0 aromatic heterocycles. The van der Waals surface area contributed by atoms with Crippen molar-refractivity contribution in [2.45, 2.75) is 0 Å². The molecule has 0 aliphatic rings. The molecular weight excluding hydrogens is 374 g/mol. The Balaban J connectivity index is 2.75. The normalized spacial score (nSPS) is 11.6. The number of rotatable bonds is 8. The smallest absolute Gasteiger partial charge is 0.338 e. The van der Waals surface area contributed by atoms with Crippen molar-refractivity contribution in [3.05, 3.63) is 64.7 Å². The SMILES string of the molecule is COC(=O)C(=C/c1c(OC)cc(OC)cc1OC)/C(=C\c1ccccc1)C(N)=O. The molecule has 0 aliphatic carbocycles. The van der Waals surface area contributed by atoms with Gasteiger partial charge in [-0.15, -0.1) is 0 Å². The molecule has 2 aromatic rings. The quantitative estimate of drug-likeness (QED) is 0.418. The van der Waals surface area contributed by atoms with Gasteiger partial charge in [0.05, 0.1) is 45.1 Å². The van der Waals surface area contributed by atoms with E-state index in [4.69, 9.17) is 24.7 Å². The molecule has 2 N–H and O–H groups in total. The van der Waals surface area contributed by atoms with Gasteiger partial charge in [0.25, 0.3) is 0 Å². The highest BCUT2D eigenvalue weighted by molar-refractivity contribution is 6.14. The van der Waals surface area contributed by atoms with Gasteiger partial charge in [0.1, 0.15) is 17.2 Å². The van der Waals surface area contributed by atoms with E-state index in [0.717, 1.165) is 0 Å². The molecule has 0 bridgehead atoms. The number of methoxy groups -OCH3 is 4. The van der Waals surface area contributed by atoms with Gasteiger partial charge in [-0.3, -0.25) is 4.79 Å². The van der Waals surface area contributed by atoms with Crippen LogP contribution in [0.3, 0.4) is 0 Å². The van der Waals surface area contributed by atoms with E-state index in [0.29, 0.717) is 28.4 Å². The number of hydrogen-bond donors (Lipinski definition) is 1. The predicted octanol–water partition coefficient (Wildman–Crippen LogP) is 2.84. The molecule has 0 spiro atoms. The van der Waals surface area contributed by atoms with Gasteiger partial charge >= 0.3 is 5.97 Å². The lowest BCUT2D eigenvalue weighted by atomic mass is 9.98.